The minimum Gasteiger partial charge on any atom is -0.387 e. The number of hydrogen-bond acceptors (Lipinski definition) is 9. The maximum absolute atomic E-state index is 11.5. The highest BCUT2D eigenvalue weighted by molar-refractivity contribution is 7.81. The molecule has 0 saturated heterocycles. The molecule has 6 nitrogen and oxygen atoms in total. The van der Waals surface area contributed by atoms with Crippen LogP contribution in [0.15, 0.2) is 0 Å². The molecule has 0 rings (SSSR count). The first-order valence-electron chi connectivity index (χ1n) is 5.60. The number of carbonyl (C=O) groups is 3. The molecule has 0 amide bonds. The molecule has 0 aromatic heterocycles. The molecule has 0 unspecified atom stereocenters. The lowest BCUT2D eigenvalue weighted by Gasteiger charge is -2.39. The average molecular weight is 342 g/mol. The van der Waals surface area contributed by atoms with Crippen molar-refractivity contribution in [2.45, 2.75) is 26.7 Å². The molecule has 0 radical (unpaired) electrons. The molecule has 0 N–H and O–H groups in total. The monoisotopic (exact) mass is 342 g/mol. The first-order chi connectivity index (χ1) is 9.11. The van der Waals surface area contributed by atoms with E-state index < -0.39 is 29.3 Å². The summed E-state index contributed by atoms with van der Waals surface area (Å²) in [6.07, 6.45) is 0. The normalized spacial score (nSPS) is 11.7. The third-order valence-corrected chi connectivity index (χ3v) is 2.83. The fraction of sp³-hybridized carbons (Fsp3) is 0.727. The summed E-state index contributed by atoms with van der Waals surface area (Å²) in [5, 5.41) is 0. The van der Waals surface area contributed by atoms with Crippen molar-refractivity contribution in [2.24, 2.45) is 5.41 Å². The van der Waals surface area contributed by atoms with E-state index in [2.05, 4.69) is 37.9 Å². The summed E-state index contributed by atoms with van der Waals surface area (Å²) in [6, 6.07) is 0. The summed E-state index contributed by atoms with van der Waals surface area (Å²) in [6.45, 7) is 4.74. The number of rotatable bonds is 6. The standard InChI is InChI=1S/C11H18O6S3/c1-10(2,3)11(15-7(12)4-18,16-8(13)5-19)17-9(14)6-20/h18-20H,4-6H2,1-3H3. The minimum absolute atomic E-state index is 0.269. The molecule has 0 saturated carbocycles. The second kappa shape index (κ2) is 8.04. The first kappa shape index (κ1) is 19.5. The van der Waals surface area contributed by atoms with Crippen LogP contribution in [-0.4, -0.2) is 41.1 Å². The zero-order chi connectivity index (χ0) is 16.0. The zero-order valence-electron chi connectivity index (χ0n) is 11.4. The molecule has 9 heteroatoms. The number of carbonyl (C=O) groups excluding carboxylic acids is 3. The molecule has 0 atom stereocenters. The van der Waals surface area contributed by atoms with Gasteiger partial charge in [-0.05, 0) is 20.8 Å². The van der Waals surface area contributed by atoms with E-state index in [4.69, 9.17) is 14.2 Å². The largest absolute Gasteiger partial charge is 0.428 e. The lowest BCUT2D eigenvalue weighted by Crippen LogP contribution is -2.54. The van der Waals surface area contributed by atoms with Crippen LogP contribution in [0.4, 0.5) is 0 Å². The summed E-state index contributed by atoms with van der Waals surface area (Å²) in [7, 11) is 0. The Bertz CT molecular complexity index is 331. The summed E-state index contributed by atoms with van der Waals surface area (Å²) in [5.41, 5.74) is -1.02. The third-order valence-electron chi connectivity index (χ3n) is 2.05. The Morgan fingerprint density at radius 1 is 0.750 bits per heavy atom. The van der Waals surface area contributed by atoms with Gasteiger partial charge in [0.1, 0.15) is 0 Å². The SMILES string of the molecule is CC(C)(C)C(OC(=O)CS)(OC(=O)CS)OC(=O)CS. The van der Waals surface area contributed by atoms with Crippen LogP contribution in [0, 0.1) is 5.41 Å². The molecule has 0 aromatic carbocycles. The molecule has 0 fully saturated rings. The van der Waals surface area contributed by atoms with Gasteiger partial charge in [0, 0.05) is 0 Å². The lowest BCUT2D eigenvalue weighted by atomic mass is 9.92. The molecule has 0 aliphatic rings. The first-order valence-corrected chi connectivity index (χ1v) is 7.49. The van der Waals surface area contributed by atoms with Crippen molar-refractivity contribution in [3.05, 3.63) is 0 Å². The highest BCUT2D eigenvalue weighted by Gasteiger charge is 2.54. The highest BCUT2D eigenvalue weighted by atomic mass is 32.1. The summed E-state index contributed by atoms with van der Waals surface area (Å²) in [4.78, 5) is 34.5. The summed E-state index contributed by atoms with van der Waals surface area (Å²) >= 11 is 11.3. The molecular weight excluding hydrogens is 324 g/mol. The van der Waals surface area contributed by atoms with E-state index in [0.717, 1.165) is 0 Å². The quantitative estimate of drug-likeness (QED) is 0.381. The minimum atomic E-state index is -2.19. The van der Waals surface area contributed by atoms with E-state index in [1.165, 1.54) is 0 Å². The van der Waals surface area contributed by atoms with Crippen LogP contribution in [-0.2, 0) is 28.6 Å². The Labute approximate surface area is 134 Å². The van der Waals surface area contributed by atoms with Gasteiger partial charge in [0.15, 0.2) is 0 Å². The van der Waals surface area contributed by atoms with Gasteiger partial charge in [0.2, 0.25) is 0 Å². The van der Waals surface area contributed by atoms with Crippen LogP contribution in [0.5, 0.6) is 0 Å². The fourth-order valence-electron chi connectivity index (χ4n) is 1.07. The zero-order valence-corrected chi connectivity index (χ0v) is 14.1. The summed E-state index contributed by atoms with van der Waals surface area (Å²) in [5.74, 6) is -5.41. The van der Waals surface area contributed by atoms with Gasteiger partial charge in [-0.2, -0.15) is 37.9 Å². The van der Waals surface area contributed by atoms with Crippen molar-refractivity contribution in [3.63, 3.8) is 0 Å². The van der Waals surface area contributed by atoms with Crippen molar-refractivity contribution in [3.8, 4) is 0 Å². The summed E-state index contributed by atoms with van der Waals surface area (Å²) < 4.78 is 15.1. The van der Waals surface area contributed by atoms with Crippen LogP contribution in [0.25, 0.3) is 0 Å². The highest BCUT2D eigenvalue weighted by Crippen LogP contribution is 2.37. The topological polar surface area (TPSA) is 78.9 Å². The van der Waals surface area contributed by atoms with Crippen molar-refractivity contribution in [1.82, 2.24) is 0 Å². The van der Waals surface area contributed by atoms with Gasteiger partial charge in [-0.15, -0.1) is 0 Å². The van der Waals surface area contributed by atoms with Crippen molar-refractivity contribution < 1.29 is 28.6 Å². The Morgan fingerprint density at radius 3 is 1.15 bits per heavy atom. The third kappa shape index (κ3) is 5.45. The number of hydrogen-bond donors (Lipinski definition) is 3. The number of thiol groups is 3. The van der Waals surface area contributed by atoms with E-state index >= 15 is 0 Å². The van der Waals surface area contributed by atoms with Crippen LogP contribution >= 0.6 is 37.9 Å². The molecule has 0 aliphatic carbocycles. The molecule has 0 spiro atoms. The van der Waals surface area contributed by atoms with Gasteiger partial charge >= 0.3 is 23.9 Å². The van der Waals surface area contributed by atoms with Gasteiger partial charge < -0.3 is 14.2 Å². The van der Waals surface area contributed by atoms with E-state index in [-0.39, 0.29) is 17.3 Å². The van der Waals surface area contributed by atoms with Crippen LogP contribution < -0.4 is 0 Å². The van der Waals surface area contributed by atoms with Crippen molar-refractivity contribution >= 4 is 55.8 Å². The Balaban J connectivity index is 5.56. The molecule has 20 heavy (non-hydrogen) atoms. The van der Waals surface area contributed by atoms with Gasteiger partial charge in [0.25, 0.3) is 0 Å². The smallest absolute Gasteiger partial charge is 0.387 e. The van der Waals surface area contributed by atoms with Gasteiger partial charge in [0.05, 0.1) is 22.7 Å². The van der Waals surface area contributed by atoms with Gasteiger partial charge in [-0.1, -0.05) is 0 Å². The van der Waals surface area contributed by atoms with Crippen LogP contribution in [0.1, 0.15) is 20.8 Å². The van der Waals surface area contributed by atoms with Crippen molar-refractivity contribution in [2.75, 3.05) is 17.3 Å². The molecule has 116 valence electrons. The molecule has 0 bridgehead atoms. The van der Waals surface area contributed by atoms with E-state index in [0.29, 0.717) is 0 Å². The predicted molar refractivity (Wildman–Crippen MR) is 82.0 cm³/mol. The van der Waals surface area contributed by atoms with E-state index in [1.54, 1.807) is 20.8 Å². The van der Waals surface area contributed by atoms with Crippen LogP contribution in [0.3, 0.4) is 0 Å². The van der Waals surface area contributed by atoms with Crippen LogP contribution in [0.2, 0.25) is 0 Å². The fourth-order valence-corrected chi connectivity index (χ4v) is 1.26. The molecule has 0 aromatic rings. The average Bonchev–Trinajstić information content (AvgIpc) is 2.36. The Hall–Kier alpha value is -0.540. The van der Waals surface area contributed by atoms with Gasteiger partial charge in [-0.25, -0.2) is 0 Å². The van der Waals surface area contributed by atoms with Gasteiger partial charge in [-0.3, -0.25) is 14.4 Å². The molecule has 0 heterocycles. The second-order valence-corrected chi connectivity index (χ2v) is 5.65. The van der Waals surface area contributed by atoms with E-state index in [1.807, 2.05) is 0 Å². The maximum Gasteiger partial charge on any atom is 0.428 e. The molecule has 0 aliphatic heterocycles. The second-order valence-electron chi connectivity index (χ2n) is 4.70. The maximum atomic E-state index is 11.5. The predicted octanol–water partition coefficient (Wildman–Crippen LogP) is 1.11. The Morgan fingerprint density at radius 2 is 1.00 bits per heavy atom. The number of ether oxygens (including phenoxy) is 3. The molecular formula is C11H18O6S3. The van der Waals surface area contributed by atoms with E-state index in [9.17, 15) is 14.4 Å². The Kier molecular flexibility index (Phi) is 7.82. The van der Waals surface area contributed by atoms with Crippen molar-refractivity contribution in [1.29, 1.82) is 0 Å². The lowest BCUT2D eigenvalue weighted by molar-refractivity contribution is -0.368. The number of esters is 3.